The van der Waals surface area contributed by atoms with Crippen LogP contribution in [0.2, 0.25) is 0 Å². The minimum Gasteiger partial charge on any atom is -0.325 e. The zero-order chi connectivity index (χ0) is 18.1. The lowest BCUT2D eigenvalue weighted by Crippen LogP contribution is -2.15. The molecule has 7 heteroatoms. The molecule has 128 valence electrons. The lowest BCUT2D eigenvalue weighted by molar-refractivity contribution is -0.114. The molecule has 2 aromatic carbocycles. The Bertz CT molecular complexity index is 1050. The Labute approximate surface area is 143 Å². The molecule has 2 amide bonds. The van der Waals surface area contributed by atoms with E-state index in [1.165, 1.54) is 11.5 Å². The van der Waals surface area contributed by atoms with Crippen LogP contribution in [0.1, 0.15) is 22.8 Å². The van der Waals surface area contributed by atoms with Gasteiger partial charge >= 0.3 is 5.69 Å². The molecule has 0 aliphatic heterocycles. The minimum atomic E-state index is -0.330. The number of fused-ring (bicyclic) bond motifs is 1. The van der Waals surface area contributed by atoms with Crippen LogP contribution in [-0.2, 0) is 11.8 Å². The van der Waals surface area contributed by atoms with Crippen molar-refractivity contribution in [3.05, 3.63) is 58.0 Å². The van der Waals surface area contributed by atoms with Crippen LogP contribution in [0.3, 0.4) is 0 Å². The molecule has 3 N–H and O–H groups in total. The SMILES string of the molecule is CC(=O)Nc1ccc(C)cc1NC(=O)c1ccc2c(c1)[nH]c(=O)n2C. The lowest BCUT2D eigenvalue weighted by Gasteiger charge is -2.12. The number of H-pyrrole nitrogens is 1. The highest BCUT2D eigenvalue weighted by atomic mass is 16.2. The van der Waals surface area contributed by atoms with Crippen LogP contribution < -0.4 is 16.3 Å². The summed E-state index contributed by atoms with van der Waals surface area (Å²) in [7, 11) is 1.66. The molecule has 1 aromatic heterocycles. The fraction of sp³-hybridized carbons (Fsp3) is 0.167. The lowest BCUT2D eigenvalue weighted by atomic mass is 10.1. The minimum absolute atomic E-state index is 0.220. The summed E-state index contributed by atoms with van der Waals surface area (Å²) in [5.74, 6) is -0.550. The predicted octanol–water partition coefficient (Wildman–Crippen LogP) is 2.39. The van der Waals surface area contributed by atoms with E-state index in [2.05, 4.69) is 15.6 Å². The maximum Gasteiger partial charge on any atom is 0.326 e. The van der Waals surface area contributed by atoms with Gasteiger partial charge in [0.15, 0.2) is 0 Å². The zero-order valence-electron chi connectivity index (χ0n) is 14.1. The predicted molar refractivity (Wildman–Crippen MR) is 97.0 cm³/mol. The van der Waals surface area contributed by atoms with Gasteiger partial charge in [-0.1, -0.05) is 6.07 Å². The highest BCUT2D eigenvalue weighted by Gasteiger charge is 2.12. The van der Waals surface area contributed by atoms with E-state index in [1.807, 2.05) is 13.0 Å². The van der Waals surface area contributed by atoms with E-state index < -0.39 is 0 Å². The molecule has 0 aliphatic rings. The maximum atomic E-state index is 12.6. The van der Waals surface area contributed by atoms with E-state index in [9.17, 15) is 14.4 Å². The molecule has 3 rings (SSSR count). The van der Waals surface area contributed by atoms with E-state index >= 15 is 0 Å². The van der Waals surface area contributed by atoms with Crippen LogP contribution in [-0.4, -0.2) is 21.4 Å². The highest BCUT2D eigenvalue weighted by molar-refractivity contribution is 6.08. The average molecular weight is 338 g/mol. The number of hydrogen-bond acceptors (Lipinski definition) is 3. The number of aromatic amines is 1. The molecule has 0 fully saturated rings. The first kappa shape index (κ1) is 16.5. The molecule has 25 heavy (non-hydrogen) atoms. The molecular formula is C18H18N4O3. The summed E-state index contributed by atoms with van der Waals surface area (Å²) in [5.41, 5.74) is 3.47. The summed E-state index contributed by atoms with van der Waals surface area (Å²) in [6.45, 7) is 3.30. The average Bonchev–Trinajstić information content (AvgIpc) is 2.83. The number of nitrogens with zero attached hydrogens (tertiary/aromatic N) is 1. The smallest absolute Gasteiger partial charge is 0.325 e. The van der Waals surface area contributed by atoms with Gasteiger partial charge in [0.1, 0.15) is 0 Å². The van der Waals surface area contributed by atoms with Gasteiger partial charge in [0, 0.05) is 19.5 Å². The number of rotatable bonds is 3. The van der Waals surface area contributed by atoms with Crippen molar-refractivity contribution >= 4 is 34.2 Å². The number of amides is 2. The van der Waals surface area contributed by atoms with Crippen molar-refractivity contribution in [2.24, 2.45) is 7.05 Å². The van der Waals surface area contributed by atoms with Crippen LogP contribution in [0.5, 0.6) is 0 Å². The Morgan fingerprint density at radius 1 is 1.04 bits per heavy atom. The van der Waals surface area contributed by atoms with Gasteiger partial charge in [-0.2, -0.15) is 0 Å². The first-order valence-electron chi connectivity index (χ1n) is 7.73. The molecule has 0 unspecified atom stereocenters. The number of aryl methyl sites for hydroxylation is 2. The van der Waals surface area contributed by atoms with E-state index in [-0.39, 0.29) is 17.5 Å². The summed E-state index contributed by atoms with van der Waals surface area (Å²) < 4.78 is 1.48. The third-order valence-corrected chi connectivity index (χ3v) is 3.90. The number of anilines is 2. The van der Waals surface area contributed by atoms with E-state index in [1.54, 1.807) is 37.4 Å². The van der Waals surface area contributed by atoms with Gasteiger partial charge in [-0.25, -0.2) is 4.79 Å². The Balaban J connectivity index is 1.93. The number of carbonyl (C=O) groups excluding carboxylic acids is 2. The number of carbonyl (C=O) groups is 2. The summed E-state index contributed by atoms with van der Waals surface area (Å²) in [5, 5.41) is 5.50. The van der Waals surface area contributed by atoms with Gasteiger partial charge in [-0.15, -0.1) is 0 Å². The number of aromatic nitrogens is 2. The summed E-state index contributed by atoms with van der Waals surface area (Å²) in [6.07, 6.45) is 0. The van der Waals surface area contributed by atoms with Crippen molar-refractivity contribution in [1.29, 1.82) is 0 Å². The number of benzene rings is 2. The topological polar surface area (TPSA) is 96.0 Å². The monoisotopic (exact) mass is 338 g/mol. The quantitative estimate of drug-likeness (QED) is 0.684. The number of imidazole rings is 1. The third-order valence-electron chi connectivity index (χ3n) is 3.90. The van der Waals surface area contributed by atoms with Crippen molar-refractivity contribution < 1.29 is 9.59 Å². The van der Waals surface area contributed by atoms with E-state index in [0.29, 0.717) is 22.5 Å². The van der Waals surface area contributed by atoms with Crippen molar-refractivity contribution in [2.45, 2.75) is 13.8 Å². The summed E-state index contributed by atoms with van der Waals surface area (Å²) >= 11 is 0. The fourth-order valence-electron chi connectivity index (χ4n) is 2.63. The van der Waals surface area contributed by atoms with Gasteiger partial charge in [0.05, 0.1) is 22.4 Å². The summed E-state index contributed by atoms with van der Waals surface area (Å²) in [4.78, 5) is 38.3. The third kappa shape index (κ3) is 3.30. The van der Waals surface area contributed by atoms with Gasteiger partial charge in [0.2, 0.25) is 5.91 Å². The van der Waals surface area contributed by atoms with Crippen LogP contribution in [0.25, 0.3) is 11.0 Å². The second-order valence-electron chi connectivity index (χ2n) is 5.91. The van der Waals surface area contributed by atoms with Crippen molar-refractivity contribution in [3.8, 4) is 0 Å². The van der Waals surface area contributed by atoms with Gasteiger partial charge in [0.25, 0.3) is 5.91 Å². The normalized spacial score (nSPS) is 10.7. The van der Waals surface area contributed by atoms with Crippen LogP contribution >= 0.6 is 0 Å². The van der Waals surface area contributed by atoms with Gasteiger partial charge in [-0.3, -0.25) is 14.2 Å². The van der Waals surface area contributed by atoms with E-state index in [0.717, 1.165) is 11.1 Å². The molecular weight excluding hydrogens is 320 g/mol. The van der Waals surface area contributed by atoms with Crippen molar-refractivity contribution in [3.63, 3.8) is 0 Å². The maximum absolute atomic E-state index is 12.6. The van der Waals surface area contributed by atoms with E-state index in [4.69, 9.17) is 0 Å². The Morgan fingerprint density at radius 3 is 2.52 bits per heavy atom. The molecule has 0 spiro atoms. The highest BCUT2D eigenvalue weighted by Crippen LogP contribution is 2.24. The van der Waals surface area contributed by atoms with Gasteiger partial charge < -0.3 is 15.6 Å². The molecule has 7 nitrogen and oxygen atoms in total. The zero-order valence-corrected chi connectivity index (χ0v) is 14.1. The van der Waals surface area contributed by atoms with Crippen molar-refractivity contribution in [1.82, 2.24) is 9.55 Å². The Kier molecular flexibility index (Phi) is 4.14. The molecule has 0 saturated carbocycles. The Morgan fingerprint density at radius 2 is 1.80 bits per heavy atom. The van der Waals surface area contributed by atoms with Crippen LogP contribution in [0, 0.1) is 6.92 Å². The van der Waals surface area contributed by atoms with Crippen LogP contribution in [0.4, 0.5) is 11.4 Å². The molecule has 0 saturated heterocycles. The van der Waals surface area contributed by atoms with Crippen molar-refractivity contribution in [2.75, 3.05) is 10.6 Å². The fourth-order valence-corrected chi connectivity index (χ4v) is 2.63. The standard InChI is InChI=1S/C18H18N4O3/c1-10-4-6-13(19-11(2)23)14(8-10)20-17(24)12-5-7-16-15(9-12)21-18(25)22(16)3/h4-9H,1-3H3,(H,19,23)(H,20,24)(H,21,25). The number of nitrogens with one attached hydrogen (secondary N) is 3. The van der Waals surface area contributed by atoms with Crippen LogP contribution in [0.15, 0.2) is 41.2 Å². The largest absolute Gasteiger partial charge is 0.326 e. The molecule has 0 bridgehead atoms. The second-order valence-corrected chi connectivity index (χ2v) is 5.91. The molecule has 0 atom stereocenters. The first-order valence-corrected chi connectivity index (χ1v) is 7.73. The second kappa shape index (κ2) is 6.27. The number of hydrogen-bond donors (Lipinski definition) is 3. The molecule has 3 aromatic rings. The summed E-state index contributed by atoms with van der Waals surface area (Å²) in [6, 6.07) is 10.4. The molecule has 0 radical (unpaired) electrons. The first-order chi connectivity index (χ1) is 11.8. The molecule has 1 heterocycles. The Hall–Kier alpha value is -3.35. The van der Waals surface area contributed by atoms with Gasteiger partial charge in [-0.05, 0) is 42.8 Å². The molecule has 0 aliphatic carbocycles.